The van der Waals surface area contributed by atoms with Crippen molar-refractivity contribution in [3.8, 4) is 16.9 Å². The van der Waals surface area contributed by atoms with Crippen LogP contribution in [-0.2, 0) is 0 Å². The standard InChI is InChI=1S/C14H9F3N2O5/c15-14(16,17)24-10-4-1-8(2-5-10)9-3-6-11(18-13(20)21)12(7-9)19(22)23/h1-7,18H,(H,20,21). The van der Waals surface area contributed by atoms with Crippen LogP contribution in [0.2, 0.25) is 0 Å². The van der Waals surface area contributed by atoms with Crippen molar-refractivity contribution in [3.05, 3.63) is 52.6 Å². The molecule has 2 aromatic carbocycles. The number of halogens is 3. The SMILES string of the molecule is O=C(O)Nc1ccc(-c2ccc(OC(F)(F)F)cc2)cc1[N+](=O)[O-]. The van der Waals surface area contributed by atoms with Gasteiger partial charge in [-0.05, 0) is 29.3 Å². The zero-order valence-corrected chi connectivity index (χ0v) is 11.7. The van der Waals surface area contributed by atoms with Gasteiger partial charge in [0.2, 0.25) is 0 Å². The molecule has 2 N–H and O–H groups in total. The molecule has 0 fully saturated rings. The first-order chi connectivity index (χ1) is 11.2. The number of nitrogens with zero attached hydrogens (tertiary/aromatic N) is 1. The first kappa shape index (κ1) is 17.1. The van der Waals surface area contributed by atoms with Crippen LogP contribution in [-0.4, -0.2) is 22.5 Å². The third-order valence-corrected chi connectivity index (χ3v) is 2.86. The molecule has 0 saturated heterocycles. The van der Waals surface area contributed by atoms with Gasteiger partial charge in [-0.15, -0.1) is 13.2 Å². The fraction of sp³-hybridized carbons (Fsp3) is 0.0714. The van der Waals surface area contributed by atoms with Gasteiger partial charge in [0.25, 0.3) is 5.69 Å². The zero-order chi connectivity index (χ0) is 17.9. The second kappa shape index (κ2) is 6.44. The number of ether oxygens (including phenoxy) is 1. The summed E-state index contributed by atoms with van der Waals surface area (Å²) in [4.78, 5) is 20.9. The minimum absolute atomic E-state index is 0.215. The Balaban J connectivity index is 2.33. The van der Waals surface area contributed by atoms with Crippen LogP contribution >= 0.6 is 0 Å². The van der Waals surface area contributed by atoms with Gasteiger partial charge in [0.1, 0.15) is 11.4 Å². The van der Waals surface area contributed by atoms with Crippen LogP contribution in [0.4, 0.5) is 29.3 Å². The predicted molar refractivity (Wildman–Crippen MR) is 76.9 cm³/mol. The molecule has 0 spiro atoms. The summed E-state index contributed by atoms with van der Waals surface area (Å²) in [5.74, 6) is -0.426. The van der Waals surface area contributed by atoms with Gasteiger partial charge in [-0.25, -0.2) is 4.79 Å². The molecule has 0 atom stereocenters. The number of nitro benzene ring substituents is 1. The second-order valence-corrected chi connectivity index (χ2v) is 4.49. The monoisotopic (exact) mass is 342 g/mol. The Morgan fingerprint density at radius 2 is 1.71 bits per heavy atom. The molecule has 1 amide bonds. The van der Waals surface area contributed by atoms with E-state index in [1.54, 1.807) is 0 Å². The summed E-state index contributed by atoms with van der Waals surface area (Å²) in [5, 5.41) is 21.6. The van der Waals surface area contributed by atoms with E-state index >= 15 is 0 Å². The summed E-state index contributed by atoms with van der Waals surface area (Å²) >= 11 is 0. The van der Waals surface area contributed by atoms with Crippen molar-refractivity contribution in [3.63, 3.8) is 0 Å². The van der Waals surface area contributed by atoms with E-state index < -0.39 is 28.8 Å². The lowest BCUT2D eigenvalue weighted by atomic mass is 10.0. The molecule has 7 nitrogen and oxygen atoms in total. The number of carboxylic acid groups (broad SMARTS) is 1. The number of rotatable bonds is 4. The molecule has 2 rings (SSSR count). The minimum atomic E-state index is -4.82. The van der Waals surface area contributed by atoms with Crippen molar-refractivity contribution < 1.29 is 32.7 Å². The normalized spacial score (nSPS) is 11.0. The van der Waals surface area contributed by atoms with Crippen molar-refractivity contribution in [2.45, 2.75) is 6.36 Å². The maximum atomic E-state index is 12.1. The molecule has 0 unspecified atom stereocenters. The Morgan fingerprint density at radius 1 is 1.12 bits per heavy atom. The van der Waals surface area contributed by atoms with Crippen LogP contribution in [0.1, 0.15) is 0 Å². The van der Waals surface area contributed by atoms with Gasteiger partial charge in [0.15, 0.2) is 0 Å². The van der Waals surface area contributed by atoms with Gasteiger partial charge in [-0.3, -0.25) is 15.4 Å². The average Bonchev–Trinajstić information content (AvgIpc) is 2.46. The first-order valence-electron chi connectivity index (χ1n) is 6.30. The largest absolute Gasteiger partial charge is 0.573 e. The molecule has 10 heteroatoms. The summed E-state index contributed by atoms with van der Waals surface area (Å²) in [7, 11) is 0. The number of carbonyl (C=O) groups is 1. The number of nitrogens with one attached hydrogen (secondary N) is 1. The van der Waals surface area contributed by atoms with E-state index in [2.05, 4.69) is 4.74 Å². The van der Waals surface area contributed by atoms with Crippen molar-refractivity contribution >= 4 is 17.5 Å². The molecule has 0 aromatic heterocycles. The van der Waals surface area contributed by atoms with Crippen LogP contribution in [0.3, 0.4) is 0 Å². The number of nitro groups is 1. The molecule has 0 aliphatic carbocycles. The molecular weight excluding hydrogens is 333 g/mol. The van der Waals surface area contributed by atoms with Crippen molar-refractivity contribution in [2.24, 2.45) is 0 Å². The third-order valence-electron chi connectivity index (χ3n) is 2.86. The Labute approximate surface area is 132 Å². The van der Waals surface area contributed by atoms with E-state index in [1.165, 1.54) is 24.3 Å². The average molecular weight is 342 g/mol. The fourth-order valence-corrected chi connectivity index (χ4v) is 1.93. The lowest BCUT2D eigenvalue weighted by Crippen LogP contribution is -2.16. The van der Waals surface area contributed by atoms with E-state index in [1.807, 2.05) is 5.32 Å². The van der Waals surface area contributed by atoms with Gasteiger partial charge < -0.3 is 9.84 Å². The molecule has 126 valence electrons. The number of benzene rings is 2. The lowest BCUT2D eigenvalue weighted by molar-refractivity contribution is -0.383. The van der Waals surface area contributed by atoms with Crippen LogP contribution in [0, 0.1) is 10.1 Å². The van der Waals surface area contributed by atoms with E-state index in [4.69, 9.17) is 5.11 Å². The van der Waals surface area contributed by atoms with E-state index in [-0.39, 0.29) is 5.69 Å². The summed E-state index contributed by atoms with van der Waals surface area (Å²) < 4.78 is 40.0. The van der Waals surface area contributed by atoms with Crippen LogP contribution in [0.5, 0.6) is 5.75 Å². The number of alkyl halides is 3. The van der Waals surface area contributed by atoms with E-state index in [0.29, 0.717) is 11.1 Å². The fourth-order valence-electron chi connectivity index (χ4n) is 1.93. The second-order valence-electron chi connectivity index (χ2n) is 4.49. The number of anilines is 1. The van der Waals surface area contributed by atoms with Crippen molar-refractivity contribution in [1.29, 1.82) is 0 Å². The molecule has 0 saturated carbocycles. The molecule has 0 heterocycles. The molecular formula is C14H9F3N2O5. The highest BCUT2D eigenvalue weighted by atomic mass is 19.4. The van der Waals surface area contributed by atoms with Gasteiger partial charge in [0, 0.05) is 6.07 Å². The highest BCUT2D eigenvalue weighted by Gasteiger charge is 2.31. The smallest absolute Gasteiger partial charge is 0.465 e. The highest BCUT2D eigenvalue weighted by Crippen LogP contribution is 2.32. The summed E-state index contributed by atoms with van der Waals surface area (Å²) in [5.41, 5.74) is 0.0319. The van der Waals surface area contributed by atoms with E-state index in [0.717, 1.165) is 18.2 Å². The Bertz CT molecular complexity index is 775. The lowest BCUT2D eigenvalue weighted by Gasteiger charge is -2.10. The first-order valence-corrected chi connectivity index (χ1v) is 6.30. The van der Waals surface area contributed by atoms with Gasteiger partial charge >= 0.3 is 12.5 Å². The highest BCUT2D eigenvalue weighted by molar-refractivity contribution is 5.87. The molecule has 0 radical (unpaired) electrons. The quantitative estimate of drug-likeness (QED) is 0.639. The van der Waals surface area contributed by atoms with Gasteiger partial charge in [0.05, 0.1) is 4.92 Å². The van der Waals surface area contributed by atoms with Crippen molar-refractivity contribution in [2.75, 3.05) is 5.32 Å². The zero-order valence-electron chi connectivity index (χ0n) is 11.7. The number of hydrogen-bond donors (Lipinski definition) is 2. The van der Waals surface area contributed by atoms with E-state index in [9.17, 15) is 28.1 Å². The Hall–Kier alpha value is -3.30. The molecule has 2 aromatic rings. The maximum Gasteiger partial charge on any atom is 0.573 e. The summed E-state index contributed by atoms with van der Waals surface area (Å²) in [6.07, 6.45) is -6.27. The topological polar surface area (TPSA) is 102 Å². The van der Waals surface area contributed by atoms with Crippen LogP contribution in [0.25, 0.3) is 11.1 Å². The van der Waals surface area contributed by atoms with Crippen LogP contribution < -0.4 is 10.1 Å². The molecule has 0 aliphatic rings. The molecule has 0 aliphatic heterocycles. The number of amides is 1. The summed E-state index contributed by atoms with van der Waals surface area (Å²) in [6, 6.07) is 8.44. The third kappa shape index (κ3) is 4.35. The molecule has 24 heavy (non-hydrogen) atoms. The van der Waals surface area contributed by atoms with Gasteiger partial charge in [-0.1, -0.05) is 18.2 Å². The predicted octanol–water partition coefficient (Wildman–Crippen LogP) is 4.25. The minimum Gasteiger partial charge on any atom is -0.465 e. The number of hydrogen-bond acceptors (Lipinski definition) is 4. The Kier molecular flexibility index (Phi) is 4.58. The molecule has 0 bridgehead atoms. The van der Waals surface area contributed by atoms with Crippen LogP contribution in [0.15, 0.2) is 42.5 Å². The van der Waals surface area contributed by atoms with Crippen molar-refractivity contribution in [1.82, 2.24) is 0 Å². The summed E-state index contributed by atoms with van der Waals surface area (Å²) in [6.45, 7) is 0. The van der Waals surface area contributed by atoms with Gasteiger partial charge in [-0.2, -0.15) is 0 Å². The maximum absolute atomic E-state index is 12.1. The Morgan fingerprint density at radius 3 is 2.21 bits per heavy atom.